The molecule has 5 nitrogen and oxygen atoms in total. The summed E-state index contributed by atoms with van der Waals surface area (Å²) in [6.07, 6.45) is 0.321. The zero-order valence-electron chi connectivity index (χ0n) is 13.3. The minimum absolute atomic E-state index is 0.225. The van der Waals surface area contributed by atoms with Crippen LogP contribution in [0.5, 0.6) is 0 Å². The van der Waals surface area contributed by atoms with Gasteiger partial charge in [0.15, 0.2) is 0 Å². The van der Waals surface area contributed by atoms with E-state index in [0.717, 1.165) is 22.3 Å². The lowest BCUT2D eigenvalue weighted by Crippen LogP contribution is -2.37. The van der Waals surface area contributed by atoms with Gasteiger partial charge in [0.1, 0.15) is 11.3 Å². The standard InChI is InChI=1S/C17H24N2O3/c1-11(8-12(2)20)9-18-17(21)19-10-16-13(3)14-6-4-5-7-15(14)22-16/h4-7,11-12,20H,8-10H2,1-3H3,(H2,18,19,21). The fourth-order valence-corrected chi connectivity index (χ4v) is 2.55. The van der Waals surface area contributed by atoms with Crippen LogP contribution in [-0.2, 0) is 6.54 Å². The van der Waals surface area contributed by atoms with Crippen LogP contribution in [0.3, 0.4) is 0 Å². The Morgan fingerprint density at radius 2 is 2.00 bits per heavy atom. The third kappa shape index (κ3) is 4.24. The van der Waals surface area contributed by atoms with Crippen molar-refractivity contribution in [3.05, 3.63) is 35.6 Å². The second kappa shape index (κ2) is 7.31. The molecule has 22 heavy (non-hydrogen) atoms. The van der Waals surface area contributed by atoms with Gasteiger partial charge in [0.25, 0.3) is 0 Å². The zero-order valence-corrected chi connectivity index (χ0v) is 13.3. The van der Waals surface area contributed by atoms with Crippen molar-refractivity contribution in [2.75, 3.05) is 6.54 Å². The fourth-order valence-electron chi connectivity index (χ4n) is 2.55. The Labute approximate surface area is 130 Å². The predicted molar refractivity (Wildman–Crippen MR) is 86.7 cm³/mol. The Hall–Kier alpha value is -2.01. The molecular formula is C17H24N2O3. The van der Waals surface area contributed by atoms with Crippen molar-refractivity contribution in [1.82, 2.24) is 10.6 Å². The number of nitrogens with one attached hydrogen (secondary N) is 2. The second-order valence-corrected chi connectivity index (χ2v) is 5.90. The molecule has 2 rings (SSSR count). The highest BCUT2D eigenvalue weighted by atomic mass is 16.3. The zero-order chi connectivity index (χ0) is 16.1. The van der Waals surface area contributed by atoms with Gasteiger partial charge in [-0.15, -0.1) is 0 Å². The molecule has 0 aliphatic heterocycles. The third-order valence-corrected chi connectivity index (χ3v) is 3.71. The van der Waals surface area contributed by atoms with Crippen LogP contribution in [0, 0.1) is 12.8 Å². The molecule has 0 saturated carbocycles. The van der Waals surface area contributed by atoms with E-state index >= 15 is 0 Å². The number of benzene rings is 1. The molecule has 0 saturated heterocycles. The van der Waals surface area contributed by atoms with Gasteiger partial charge in [-0.2, -0.15) is 0 Å². The Morgan fingerprint density at radius 1 is 1.27 bits per heavy atom. The van der Waals surface area contributed by atoms with Gasteiger partial charge in [-0.1, -0.05) is 25.1 Å². The lowest BCUT2D eigenvalue weighted by Gasteiger charge is -2.14. The summed E-state index contributed by atoms with van der Waals surface area (Å²) in [7, 11) is 0. The van der Waals surface area contributed by atoms with E-state index in [1.165, 1.54) is 0 Å². The van der Waals surface area contributed by atoms with Gasteiger partial charge in [-0.25, -0.2) is 4.79 Å². The van der Waals surface area contributed by atoms with E-state index in [2.05, 4.69) is 10.6 Å². The van der Waals surface area contributed by atoms with Crippen molar-refractivity contribution in [2.45, 2.75) is 39.8 Å². The maximum atomic E-state index is 11.8. The molecule has 0 aliphatic carbocycles. The van der Waals surface area contributed by atoms with Gasteiger partial charge in [-0.3, -0.25) is 0 Å². The van der Waals surface area contributed by atoms with Gasteiger partial charge >= 0.3 is 6.03 Å². The van der Waals surface area contributed by atoms with Crippen LogP contribution in [0.1, 0.15) is 31.6 Å². The van der Waals surface area contributed by atoms with Gasteiger partial charge < -0.3 is 20.2 Å². The number of aryl methyl sites for hydroxylation is 1. The van der Waals surface area contributed by atoms with Crippen LogP contribution in [0.4, 0.5) is 4.79 Å². The first-order valence-corrected chi connectivity index (χ1v) is 7.64. The lowest BCUT2D eigenvalue weighted by atomic mass is 10.1. The molecule has 0 aliphatic rings. The summed E-state index contributed by atoms with van der Waals surface area (Å²) >= 11 is 0. The molecule has 1 aromatic carbocycles. The van der Waals surface area contributed by atoms with E-state index in [4.69, 9.17) is 4.42 Å². The topological polar surface area (TPSA) is 74.5 Å². The summed E-state index contributed by atoms with van der Waals surface area (Å²) in [6.45, 7) is 6.63. The number of carbonyl (C=O) groups is 1. The largest absolute Gasteiger partial charge is 0.459 e. The van der Waals surface area contributed by atoms with Crippen LogP contribution in [-0.4, -0.2) is 23.8 Å². The molecule has 2 amide bonds. The van der Waals surface area contributed by atoms with Crippen molar-refractivity contribution in [1.29, 1.82) is 0 Å². The molecule has 1 aromatic heterocycles. The Bertz CT molecular complexity index is 634. The number of carbonyl (C=O) groups excluding carboxylic acids is 1. The molecule has 0 radical (unpaired) electrons. The molecule has 3 N–H and O–H groups in total. The van der Waals surface area contributed by atoms with E-state index in [9.17, 15) is 9.90 Å². The number of urea groups is 1. The van der Waals surface area contributed by atoms with Gasteiger partial charge in [0, 0.05) is 17.5 Å². The number of aliphatic hydroxyl groups excluding tert-OH is 1. The number of fused-ring (bicyclic) bond motifs is 1. The minimum atomic E-state index is -0.349. The summed E-state index contributed by atoms with van der Waals surface area (Å²) in [5, 5.41) is 16.0. The number of furan rings is 1. The van der Waals surface area contributed by atoms with Crippen molar-refractivity contribution in [3.8, 4) is 0 Å². The van der Waals surface area contributed by atoms with E-state index in [-0.39, 0.29) is 18.1 Å². The van der Waals surface area contributed by atoms with Crippen LogP contribution < -0.4 is 10.6 Å². The summed E-state index contributed by atoms with van der Waals surface area (Å²) < 4.78 is 5.75. The maximum absolute atomic E-state index is 11.8. The Kier molecular flexibility index (Phi) is 5.44. The van der Waals surface area contributed by atoms with Crippen molar-refractivity contribution in [3.63, 3.8) is 0 Å². The average molecular weight is 304 g/mol. The van der Waals surface area contributed by atoms with Crippen LogP contribution >= 0.6 is 0 Å². The normalized spacial score (nSPS) is 13.8. The first kappa shape index (κ1) is 16.4. The minimum Gasteiger partial charge on any atom is -0.459 e. The number of amides is 2. The van der Waals surface area contributed by atoms with Crippen molar-refractivity contribution < 1.29 is 14.3 Å². The molecular weight excluding hydrogens is 280 g/mol. The van der Waals surface area contributed by atoms with Gasteiger partial charge in [0.05, 0.1) is 12.6 Å². The van der Waals surface area contributed by atoms with E-state index in [1.54, 1.807) is 6.92 Å². The van der Waals surface area contributed by atoms with Crippen LogP contribution in [0.25, 0.3) is 11.0 Å². The van der Waals surface area contributed by atoms with Crippen molar-refractivity contribution >= 4 is 17.0 Å². The molecule has 2 atom stereocenters. The molecule has 0 fully saturated rings. The molecule has 1 heterocycles. The number of rotatable bonds is 6. The highest BCUT2D eigenvalue weighted by Gasteiger charge is 2.12. The Balaban J connectivity index is 1.84. The number of hydrogen-bond acceptors (Lipinski definition) is 3. The van der Waals surface area contributed by atoms with E-state index < -0.39 is 0 Å². The summed E-state index contributed by atoms with van der Waals surface area (Å²) in [5.41, 5.74) is 1.89. The summed E-state index contributed by atoms with van der Waals surface area (Å²) in [4.78, 5) is 11.8. The third-order valence-electron chi connectivity index (χ3n) is 3.71. The first-order chi connectivity index (χ1) is 10.5. The monoisotopic (exact) mass is 304 g/mol. The van der Waals surface area contributed by atoms with Crippen LogP contribution in [0.2, 0.25) is 0 Å². The quantitative estimate of drug-likeness (QED) is 0.768. The number of para-hydroxylation sites is 1. The number of hydrogen-bond donors (Lipinski definition) is 3. The molecule has 0 spiro atoms. The Morgan fingerprint density at radius 3 is 2.68 bits per heavy atom. The van der Waals surface area contributed by atoms with Gasteiger partial charge in [0.2, 0.25) is 0 Å². The SMILES string of the molecule is Cc1c(CNC(=O)NCC(C)CC(C)O)oc2ccccc12. The predicted octanol–water partition coefficient (Wildman–Crippen LogP) is 2.95. The molecule has 0 bridgehead atoms. The van der Waals surface area contributed by atoms with E-state index in [0.29, 0.717) is 19.5 Å². The molecule has 2 aromatic rings. The maximum Gasteiger partial charge on any atom is 0.315 e. The molecule has 120 valence electrons. The highest BCUT2D eigenvalue weighted by molar-refractivity contribution is 5.82. The lowest BCUT2D eigenvalue weighted by molar-refractivity contribution is 0.163. The first-order valence-electron chi connectivity index (χ1n) is 7.64. The van der Waals surface area contributed by atoms with E-state index in [1.807, 2.05) is 38.1 Å². The van der Waals surface area contributed by atoms with Gasteiger partial charge in [-0.05, 0) is 32.3 Å². The van der Waals surface area contributed by atoms with Crippen LogP contribution in [0.15, 0.2) is 28.7 Å². The second-order valence-electron chi connectivity index (χ2n) is 5.90. The van der Waals surface area contributed by atoms with Crippen molar-refractivity contribution in [2.24, 2.45) is 5.92 Å². The summed E-state index contributed by atoms with van der Waals surface area (Å²) in [5.74, 6) is 1.01. The smallest absolute Gasteiger partial charge is 0.315 e. The number of aliphatic hydroxyl groups is 1. The molecule has 5 heteroatoms. The molecule has 2 unspecified atom stereocenters. The fraction of sp³-hybridized carbons (Fsp3) is 0.471. The summed E-state index contributed by atoms with van der Waals surface area (Å²) in [6, 6.07) is 7.60. The average Bonchev–Trinajstić information content (AvgIpc) is 2.79. The highest BCUT2D eigenvalue weighted by Crippen LogP contribution is 2.24.